The number of benzene rings is 2. The third-order valence-electron chi connectivity index (χ3n) is 4.01. The lowest BCUT2D eigenvalue weighted by Gasteiger charge is -2.28. The second kappa shape index (κ2) is 5.26. The molecule has 2 aromatic carbocycles. The fraction of sp³-hybridized carbons (Fsp3) is 0.167. The van der Waals surface area contributed by atoms with Crippen molar-refractivity contribution in [3.63, 3.8) is 0 Å². The predicted molar refractivity (Wildman–Crippen MR) is 83.4 cm³/mol. The van der Waals surface area contributed by atoms with Crippen LogP contribution in [0.25, 0.3) is 10.8 Å². The molecule has 3 aromatic rings. The monoisotopic (exact) mass is 280 g/mol. The van der Waals surface area contributed by atoms with Gasteiger partial charge in [0.1, 0.15) is 5.82 Å². The van der Waals surface area contributed by atoms with Gasteiger partial charge in [-0.1, -0.05) is 43.3 Å². The van der Waals surface area contributed by atoms with E-state index in [4.69, 9.17) is 5.73 Å². The standard InChI is InChI=1S/C18H17FN2/c1-2-18(20,17-10-9-16(19)12-21-17)15-8-7-13-5-3-4-6-14(13)11-15/h3-12H,2,20H2,1H3. The zero-order chi connectivity index (χ0) is 14.9. The quantitative estimate of drug-likeness (QED) is 0.788. The Kier molecular flexibility index (Phi) is 3.43. The second-order valence-electron chi connectivity index (χ2n) is 5.25. The van der Waals surface area contributed by atoms with Crippen molar-refractivity contribution in [3.8, 4) is 0 Å². The lowest BCUT2D eigenvalue weighted by atomic mass is 9.84. The number of nitrogens with two attached hydrogens (primary N) is 1. The highest BCUT2D eigenvalue weighted by atomic mass is 19.1. The summed E-state index contributed by atoms with van der Waals surface area (Å²) in [4.78, 5) is 4.18. The molecule has 3 heteroatoms. The van der Waals surface area contributed by atoms with Crippen LogP contribution >= 0.6 is 0 Å². The van der Waals surface area contributed by atoms with Gasteiger partial charge in [0.15, 0.2) is 0 Å². The molecule has 0 amide bonds. The molecule has 0 saturated heterocycles. The minimum Gasteiger partial charge on any atom is -0.316 e. The molecule has 0 radical (unpaired) electrons. The normalized spacial score (nSPS) is 14.0. The van der Waals surface area contributed by atoms with Crippen LogP contribution in [0.15, 0.2) is 60.8 Å². The maximum atomic E-state index is 13.1. The molecule has 2 nitrogen and oxygen atoms in total. The Morgan fingerprint density at radius 2 is 1.81 bits per heavy atom. The number of pyridine rings is 1. The van der Waals surface area contributed by atoms with Gasteiger partial charge in [-0.3, -0.25) is 4.98 Å². The maximum absolute atomic E-state index is 13.1. The smallest absolute Gasteiger partial charge is 0.141 e. The van der Waals surface area contributed by atoms with Crippen LogP contribution in [0.3, 0.4) is 0 Å². The zero-order valence-electron chi connectivity index (χ0n) is 11.9. The maximum Gasteiger partial charge on any atom is 0.141 e. The van der Waals surface area contributed by atoms with Crippen molar-refractivity contribution in [3.05, 3.63) is 77.9 Å². The predicted octanol–water partition coefficient (Wildman–Crippen LogP) is 3.99. The number of nitrogens with zero attached hydrogens (tertiary/aromatic N) is 1. The molecule has 1 atom stereocenters. The van der Waals surface area contributed by atoms with Gasteiger partial charge < -0.3 is 5.73 Å². The molecule has 2 N–H and O–H groups in total. The Morgan fingerprint density at radius 3 is 2.48 bits per heavy atom. The van der Waals surface area contributed by atoms with Crippen molar-refractivity contribution >= 4 is 10.8 Å². The Bertz CT molecular complexity index is 768. The molecule has 0 aliphatic heterocycles. The average Bonchev–Trinajstić information content (AvgIpc) is 2.54. The SMILES string of the molecule is CCC(N)(c1ccc2ccccc2c1)c1ccc(F)cn1. The topological polar surface area (TPSA) is 38.9 Å². The van der Waals surface area contributed by atoms with E-state index in [0.717, 1.165) is 10.9 Å². The summed E-state index contributed by atoms with van der Waals surface area (Å²) in [6, 6.07) is 17.4. The lowest BCUT2D eigenvalue weighted by molar-refractivity contribution is 0.499. The van der Waals surface area contributed by atoms with Gasteiger partial charge in [-0.15, -0.1) is 0 Å². The van der Waals surface area contributed by atoms with Gasteiger partial charge in [-0.2, -0.15) is 0 Å². The molecule has 1 unspecified atom stereocenters. The molecule has 0 saturated carbocycles. The van der Waals surface area contributed by atoms with E-state index in [-0.39, 0.29) is 5.82 Å². The van der Waals surface area contributed by atoms with Crippen molar-refractivity contribution in [2.75, 3.05) is 0 Å². The van der Waals surface area contributed by atoms with Crippen LogP contribution in [0.1, 0.15) is 24.6 Å². The van der Waals surface area contributed by atoms with Crippen molar-refractivity contribution in [1.29, 1.82) is 0 Å². The van der Waals surface area contributed by atoms with E-state index in [1.54, 1.807) is 6.07 Å². The summed E-state index contributed by atoms with van der Waals surface area (Å²) < 4.78 is 13.1. The van der Waals surface area contributed by atoms with E-state index >= 15 is 0 Å². The van der Waals surface area contributed by atoms with Gasteiger partial charge >= 0.3 is 0 Å². The Labute approximate surface area is 123 Å². The molecule has 3 rings (SSSR count). The zero-order valence-corrected chi connectivity index (χ0v) is 11.9. The minimum absolute atomic E-state index is 0.351. The van der Waals surface area contributed by atoms with E-state index in [2.05, 4.69) is 29.2 Å². The molecule has 0 bridgehead atoms. The highest BCUT2D eigenvalue weighted by Gasteiger charge is 2.29. The number of hydrogen-bond donors (Lipinski definition) is 1. The molecule has 0 aliphatic rings. The first-order valence-electron chi connectivity index (χ1n) is 7.03. The third-order valence-corrected chi connectivity index (χ3v) is 4.01. The summed E-state index contributed by atoms with van der Waals surface area (Å²) in [7, 11) is 0. The average molecular weight is 280 g/mol. The Morgan fingerprint density at radius 1 is 1.05 bits per heavy atom. The fourth-order valence-corrected chi connectivity index (χ4v) is 2.64. The van der Waals surface area contributed by atoms with E-state index in [1.807, 2.05) is 25.1 Å². The van der Waals surface area contributed by atoms with E-state index in [9.17, 15) is 4.39 Å². The molecular weight excluding hydrogens is 263 g/mol. The van der Waals surface area contributed by atoms with Crippen LogP contribution in [0.5, 0.6) is 0 Å². The van der Waals surface area contributed by atoms with Gasteiger partial charge in [-0.05, 0) is 41.0 Å². The molecule has 1 heterocycles. The third kappa shape index (κ3) is 2.41. The van der Waals surface area contributed by atoms with Gasteiger partial charge in [0.05, 0.1) is 17.4 Å². The van der Waals surface area contributed by atoms with Crippen LogP contribution in [0.4, 0.5) is 4.39 Å². The first-order valence-corrected chi connectivity index (χ1v) is 7.03. The van der Waals surface area contributed by atoms with E-state index in [1.165, 1.54) is 17.6 Å². The second-order valence-corrected chi connectivity index (χ2v) is 5.25. The van der Waals surface area contributed by atoms with Gasteiger partial charge in [0.25, 0.3) is 0 Å². The molecular formula is C18H17FN2. The van der Waals surface area contributed by atoms with Crippen molar-refractivity contribution in [2.24, 2.45) is 5.73 Å². The highest BCUT2D eigenvalue weighted by Crippen LogP contribution is 2.31. The Hall–Kier alpha value is -2.26. The first-order chi connectivity index (χ1) is 10.1. The summed E-state index contributed by atoms with van der Waals surface area (Å²) in [6.45, 7) is 2.01. The molecule has 1 aromatic heterocycles. The minimum atomic E-state index is -0.711. The van der Waals surface area contributed by atoms with Crippen molar-refractivity contribution < 1.29 is 4.39 Å². The summed E-state index contributed by atoms with van der Waals surface area (Å²) in [5.74, 6) is -0.351. The molecule has 106 valence electrons. The van der Waals surface area contributed by atoms with Crippen LogP contribution < -0.4 is 5.73 Å². The largest absolute Gasteiger partial charge is 0.316 e. The van der Waals surface area contributed by atoms with Crippen molar-refractivity contribution in [1.82, 2.24) is 4.98 Å². The van der Waals surface area contributed by atoms with Gasteiger partial charge in [0.2, 0.25) is 0 Å². The summed E-state index contributed by atoms with van der Waals surface area (Å²) >= 11 is 0. The molecule has 0 spiro atoms. The number of rotatable bonds is 3. The molecule has 0 fully saturated rings. The number of halogens is 1. The Balaban J connectivity index is 2.14. The fourth-order valence-electron chi connectivity index (χ4n) is 2.64. The molecule has 21 heavy (non-hydrogen) atoms. The van der Waals surface area contributed by atoms with Crippen LogP contribution in [0, 0.1) is 5.82 Å². The summed E-state index contributed by atoms with van der Waals surface area (Å²) in [5, 5.41) is 2.31. The number of aromatic nitrogens is 1. The van der Waals surface area contributed by atoms with Gasteiger partial charge in [-0.25, -0.2) is 4.39 Å². The van der Waals surface area contributed by atoms with E-state index in [0.29, 0.717) is 12.1 Å². The van der Waals surface area contributed by atoms with Gasteiger partial charge in [0, 0.05) is 0 Å². The number of hydrogen-bond acceptors (Lipinski definition) is 2. The lowest BCUT2D eigenvalue weighted by Crippen LogP contribution is -2.38. The summed E-state index contributed by atoms with van der Waals surface area (Å²) in [6.07, 6.45) is 1.90. The van der Waals surface area contributed by atoms with E-state index < -0.39 is 5.54 Å². The number of fused-ring (bicyclic) bond motifs is 1. The van der Waals surface area contributed by atoms with Crippen LogP contribution in [0.2, 0.25) is 0 Å². The van der Waals surface area contributed by atoms with Crippen LogP contribution in [-0.2, 0) is 5.54 Å². The highest BCUT2D eigenvalue weighted by molar-refractivity contribution is 5.83. The summed E-state index contributed by atoms with van der Waals surface area (Å²) in [5.41, 5.74) is 7.56. The van der Waals surface area contributed by atoms with Crippen molar-refractivity contribution in [2.45, 2.75) is 18.9 Å². The molecule has 0 aliphatic carbocycles. The van der Waals surface area contributed by atoms with Crippen LogP contribution in [-0.4, -0.2) is 4.98 Å². The first kappa shape index (κ1) is 13.7.